The molecule has 1 fully saturated rings. The minimum absolute atomic E-state index is 0.0228. The summed E-state index contributed by atoms with van der Waals surface area (Å²) in [4.78, 5) is 14.8. The van der Waals surface area contributed by atoms with E-state index in [4.69, 9.17) is 9.47 Å². The maximum atomic E-state index is 13.2. The number of ether oxygens (including phenoxy) is 2. The van der Waals surface area contributed by atoms with Crippen molar-refractivity contribution in [1.29, 1.82) is 0 Å². The van der Waals surface area contributed by atoms with Crippen LogP contribution in [0.3, 0.4) is 0 Å². The van der Waals surface area contributed by atoms with E-state index in [0.29, 0.717) is 6.54 Å². The number of hydrogen-bond donors (Lipinski definition) is 1. The molecule has 1 amide bonds. The Morgan fingerprint density at radius 2 is 1.53 bits per heavy atom. The van der Waals surface area contributed by atoms with Gasteiger partial charge in [-0.3, -0.25) is 0 Å². The first-order valence-electron chi connectivity index (χ1n) is 12.9. The number of hydrogen-bond acceptors (Lipinski definition) is 4. The number of aliphatic hydroxyl groups is 1. The van der Waals surface area contributed by atoms with Crippen LogP contribution in [0.2, 0.25) is 0 Å². The van der Waals surface area contributed by atoms with Crippen LogP contribution in [0.25, 0.3) is 11.1 Å². The van der Waals surface area contributed by atoms with Gasteiger partial charge in [-0.1, -0.05) is 79.9 Å². The highest BCUT2D eigenvalue weighted by Gasteiger charge is 2.40. The van der Waals surface area contributed by atoms with Crippen LogP contribution >= 0.6 is 0 Å². The number of carbonyl (C=O) groups excluding carboxylic acids is 1. The van der Waals surface area contributed by atoms with Gasteiger partial charge in [0.1, 0.15) is 12.4 Å². The summed E-state index contributed by atoms with van der Waals surface area (Å²) in [5.41, 5.74) is 4.98. The van der Waals surface area contributed by atoms with Crippen molar-refractivity contribution in [2.45, 2.75) is 49.5 Å². The van der Waals surface area contributed by atoms with E-state index in [-0.39, 0.29) is 24.5 Å². The van der Waals surface area contributed by atoms with Gasteiger partial charge in [0, 0.05) is 25.4 Å². The summed E-state index contributed by atoms with van der Waals surface area (Å²) in [6.07, 6.45) is 4.25. The second kappa shape index (κ2) is 10.4. The zero-order valence-corrected chi connectivity index (χ0v) is 21.2. The number of methoxy groups -OCH3 is 1. The Bertz CT molecular complexity index is 1150. The second-order valence-electron chi connectivity index (χ2n) is 10.2. The highest BCUT2D eigenvalue weighted by Crippen LogP contribution is 2.45. The SMILES string of the molecule is COc1ccc(C(CN(C)C(=O)OCC2c3ccccc3-c3ccccc32)C2(O)CCCCC2)cc1. The minimum Gasteiger partial charge on any atom is -0.497 e. The summed E-state index contributed by atoms with van der Waals surface area (Å²) < 4.78 is 11.2. The molecule has 1 atom stereocenters. The lowest BCUT2D eigenvalue weighted by atomic mass is 9.72. The quantitative estimate of drug-likeness (QED) is 0.423. The van der Waals surface area contributed by atoms with Gasteiger partial charge in [-0.25, -0.2) is 4.79 Å². The smallest absolute Gasteiger partial charge is 0.409 e. The molecular formula is C31H35NO4. The molecule has 0 spiro atoms. The Labute approximate surface area is 213 Å². The molecule has 3 aromatic rings. The molecule has 2 aliphatic rings. The number of rotatable bonds is 7. The number of carbonyl (C=O) groups is 1. The van der Waals surface area contributed by atoms with Crippen LogP contribution in [-0.4, -0.2) is 49.0 Å². The van der Waals surface area contributed by atoms with Gasteiger partial charge in [-0.05, 0) is 52.8 Å². The van der Waals surface area contributed by atoms with Crippen molar-refractivity contribution in [1.82, 2.24) is 4.90 Å². The largest absolute Gasteiger partial charge is 0.497 e. The molecule has 36 heavy (non-hydrogen) atoms. The van der Waals surface area contributed by atoms with Crippen molar-refractivity contribution in [3.05, 3.63) is 89.5 Å². The number of likely N-dealkylation sites (N-methyl/N-ethyl adjacent to an activating group) is 1. The molecule has 1 saturated carbocycles. The van der Waals surface area contributed by atoms with E-state index >= 15 is 0 Å². The first-order chi connectivity index (χ1) is 17.5. The molecule has 0 aromatic heterocycles. The van der Waals surface area contributed by atoms with Crippen LogP contribution in [0, 0.1) is 0 Å². The normalized spacial score (nSPS) is 17.1. The fourth-order valence-electron chi connectivity index (χ4n) is 5.99. The summed E-state index contributed by atoms with van der Waals surface area (Å²) in [6, 6.07) is 24.5. The predicted molar refractivity (Wildman–Crippen MR) is 141 cm³/mol. The summed E-state index contributed by atoms with van der Waals surface area (Å²) >= 11 is 0. The van der Waals surface area contributed by atoms with Crippen molar-refractivity contribution in [2.75, 3.05) is 27.3 Å². The topological polar surface area (TPSA) is 59.0 Å². The van der Waals surface area contributed by atoms with Crippen molar-refractivity contribution in [2.24, 2.45) is 0 Å². The molecule has 2 aliphatic carbocycles. The maximum absolute atomic E-state index is 13.2. The standard InChI is InChI=1S/C31H35NO4/c1-32(20-29(31(34)18-8-3-9-19-31)22-14-16-23(35-2)17-15-22)30(33)36-21-28-26-12-6-4-10-24(26)25-11-5-7-13-27(25)28/h4-7,10-17,28-29,34H,3,8-9,18-21H2,1-2H3. The summed E-state index contributed by atoms with van der Waals surface area (Å²) in [6.45, 7) is 0.675. The first-order valence-corrected chi connectivity index (χ1v) is 12.9. The number of fused-ring (bicyclic) bond motifs is 3. The zero-order chi connectivity index (χ0) is 25.1. The molecule has 5 nitrogen and oxygen atoms in total. The maximum Gasteiger partial charge on any atom is 0.409 e. The summed E-state index contributed by atoms with van der Waals surface area (Å²) in [5.74, 6) is 0.599. The molecule has 5 rings (SSSR count). The Morgan fingerprint density at radius 1 is 0.944 bits per heavy atom. The van der Waals surface area contributed by atoms with Crippen LogP contribution in [0.15, 0.2) is 72.8 Å². The van der Waals surface area contributed by atoms with Gasteiger partial charge < -0.3 is 19.5 Å². The van der Waals surface area contributed by atoms with Crippen molar-refractivity contribution in [3.63, 3.8) is 0 Å². The van der Waals surface area contributed by atoms with E-state index in [1.807, 2.05) is 48.5 Å². The van der Waals surface area contributed by atoms with Gasteiger partial charge >= 0.3 is 6.09 Å². The fourth-order valence-corrected chi connectivity index (χ4v) is 5.99. The van der Waals surface area contributed by atoms with Crippen molar-refractivity contribution < 1.29 is 19.4 Å². The van der Waals surface area contributed by atoms with E-state index in [9.17, 15) is 9.90 Å². The Hall–Kier alpha value is -3.31. The fraction of sp³-hybridized carbons (Fsp3) is 0.387. The van der Waals surface area contributed by atoms with Crippen LogP contribution < -0.4 is 4.74 Å². The van der Waals surface area contributed by atoms with E-state index in [1.165, 1.54) is 22.3 Å². The number of nitrogens with zero attached hydrogens (tertiary/aromatic N) is 1. The van der Waals surface area contributed by atoms with Gasteiger partial charge in [0.05, 0.1) is 12.7 Å². The van der Waals surface area contributed by atoms with Crippen molar-refractivity contribution in [3.8, 4) is 16.9 Å². The van der Waals surface area contributed by atoms with Gasteiger partial charge in [-0.15, -0.1) is 0 Å². The molecule has 3 aromatic carbocycles. The van der Waals surface area contributed by atoms with E-state index in [2.05, 4.69) is 24.3 Å². The number of amides is 1. The third-order valence-electron chi connectivity index (χ3n) is 7.99. The van der Waals surface area contributed by atoms with Gasteiger partial charge in [0.25, 0.3) is 0 Å². The lowest BCUT2D eigenvalue weighted by molar-refractivity contribution is -0.0288. The highest BCUT2D eigenvalue weighted by atomic mass is 16.6. The molecule has 188 valence electrons. The third kappa shape index (κ3) is 4.72. The molecule has 0 bridgehead atoms. The monoisotopic (exact) mass is 485 g/mol. The highest BCUT2D eigenvalue weighted by molar-refractivity contribution is 5.79. The van der Waals surface area contributed by atoms with E-state index in [0.717, 1.165) is 43.4 Å². The van der Waals surface area contributed by atoms with Gasteiger partial charge in [0.15, 0.2) is 0 Å². The van der Waals surface area contributed by atoms with Gasteiger partial charge in [0.2, 0.25) is 0 Å². The Morgan fingerprint density at radius 3 is 2.11 bits per heavy atom. The Kier molecular flexibility index (Phi) is 7.01. The zero-order valence-electron chi connectivity index (χ0n) is 21.2. The molecule has 0 aliphatic heterocycles. The second-order valence-corrected chi connectivity index (χ2v) is 10.2. The average Bonchev–Trinajstić information content (AvgIpc) is 3.24. The van der Waals surface area contributed by atoms with Crippen molar-refractivity contribution >= 4 is 6.09 Å². The molecule has 5 heteroatoms. The summed E-state index contributed by atoms with van der Waals surface area (Å²) in [7, 11) is 3.41. The van der Waals surface area contributed by atoms with Crippen LogP contribution in [-0.2, 0) is 4.74 Å². The summed E-state index contributed by atoms with van der Waals surface area (Å²) in [5, 5.41) is 11.7. The third-order valence-corrected chi connectivity index (χ3v) is 7.99. The lowest BCUT2D eigenvalue weighted by Gasteiger charge is -2.41. The van der Waals surface area contributed by atoms with E-state index < -0.39 is 5.60 Å². The lowest BCUT2D eigenvalue weighted by Crippen LogP contribution is -2.45. The minimum atomic E-state index is -0.843. The molecular weight excluding hydrogens is 450 g/mol. The molecule has 1 N–H and O–H groups in total. The number of benzene rings is 3. The van der Waals surface area contributed by atoms with Crippen LogP contribution in [0.4, 0.5) is 4.79 Å². The molecule has 0 saturated heterocycles. The first kappa shape index (κ1) is 24.4. The van der Waals surface area contributed by atoms with Gasteiger partial charge in [-0.2, -0.15) is 0 Å². The van der Waals surface area contributed by atoms with Crippen LogP contribution in [0.1, 0.15) is 60.6 Å². The molecule has 1 unspecified atom stereocenters. The van der Waals surface area contributed by atoms with Crippen LogP contribution in [0.5, 0.6) is 5.75 Å². The molecule has 0 heterocycles. The predicted octanol–water partition coefficient (Wildman–Crippen LogP) is 6.35. The Balaban J connectivity index is 1.31. The molecule has 0 radical (unpaired) electrons. The van der Waals surface area contributed by atoms with E-state index in [1.54, 1.807) is 19.1 Å². The average molecular weight is 486 g/mol.